The van der Waals surface area contributed by atoms with Crippen LogP contribution in [0.1, 0.15) is 18.4 Å². The van der Waals surface area contributed by atoms with Crippen LogP contribution in [0.4, 0.5) is 5.69 Å². The molecular weight excluding hydrogens is 392 g/mol. The monoisotopic (exact) mass is 420 g/mol. The largest absolute Gasteiger partial charge is 0.495 e. The Kier molecular flexibility index (Phi) is 8.33. The summed E-state index contributed by atoms with van der Waals surface area (Å²) in [6, 6.07) is 14.6. The second-order valence-corrected chi connectivity index (χ2v) is 8.53. The number of carbonyl (C=O) groups is 1. The molecule has 0 aliphatic heterocycles. The van der Waals surface area contributed by atoms with Crippen LogP contribution >= 0.6 is 0 Å². The first kappa shape index (κ1) is 22.5. The molecule has 0 aliphatic rings. The number of rotatable bonds is 11. The van der Waals surface area contributed by atoms with Crippen molar-refractivity contribution >= 4 is 21.6 Å². The van der Waals surface area contributed by atoms with E-state index in [2.05, 4.69) is 5.32 Å². The molecule has 158 valence electrons. The van der Waals surface area contributed by atoms with Gasteiger partial charge in [0.05, 0.1) is 25.6 Å². The zero-order chi connectivity index (χ0) is 21.3. The van der Waals surface area contributed by atoms with Gasteiger partial charge in [-0.1, -0.05) is 24.3 Å². The smallest absolute Gasteiger partial charge is 0.232 e. The van der Waals surface area contributed by atoms with E-state index >= 15 is 0 Å². The number of nitrogens with one attached hydrogen (secondary N) is 1. The van der Waals surface area contributed by atoms with Gasteiger partial charge in [-0.25, -0.2) is 8.42 Å². The average Bonchev–Trinajstić information content (AvgIpc) is 2.68. The summed E-state index contributed by atoms with van der Waals surface area (Å²) in [5, 5.41) is 2.79. The third-order valence-electron chi connectivity index (χ3n) is 4.20. The molecule has 0 atom stereocenters. The summed E-state index contributed by atoms with van der Waals surface area (Å²) in [6.07, 6.45) is 1.74. The van der Waals surface area contributed by atoms with Crippen molar-refractivity contribution in [2.45, 2.75) is 19.8 Å². The van der Waals surface area contributed by atoms with Crippen LogP contribution in [0.3, 0.4) is 0 Å². The Morgan fingerprint density at radius 1 is 1.14 bits per heavy atom. The lowest BCUT2D eigenvalue weighted by Gasteiger charge is -2.24. The molecule has 29 heavy (non-hydrogen) atoms. The van der Waals surface area contributed by atoms with Crippen LogP contribution in [-0.4, -0.2) is 47.4 Å². The summed E-state index contributed by atoms with van der Waals surface area (Å²) < 4.78 is 36.5. The highest BCUT2D eigenvalue weighted by atomic mass is 32.2. The fourth-order valence-corrected chi connectivity index (χ4v) is 3.81. The van der Waals surface area contributed by atoms with Crippen molar-refractivity contribution in [1.82, 2.24) is 5.32 Å². The molecule has 0 bridgehead atoms. The van der Waals surface area contributed by atoms with Crippen LogP contribution in [0.5, 0.6) is 11.5 Å². The van der Waals surface area contributed by atoms with Gasteiger partial charge in [0.15, 0.2) is 0 Å². The van der Waals surface area contributed by atoms with Crippen molar-refractivity contribution in [1.29, 1.82) is 0 Å². The third-order valence-corrected chi connectivity index (χ3v) is 5.38. The number of para-hydroxylation sites is 2. The maximum Gasteiger partial charge on any atom is 0.232 e. The molecule has 2 aromatic rings. The fourth-order valence-electron chi connectivity index (χ4n) is 2.84. The first-order chi connectivity index (χ1) is 13.8. The highest BCUT2D eigenvalue weighted by molar-refractivity contribution is 7.92. The number of sulfonamides is 1. The number of hydrogen-bond donors (Lipinski definition) is 1. The predicted molar refractivity (Wildman–Crippen MR) is 114 cm³/mol. The van der Waals surface area contributed by atoms with Crippen molar-refractivity contribution in [2.75, 3.05) is 37.4 Å². The zero-order valence-electron chi connectivity index (χ0n) is 17.1. The minimum Gasteiger partial charge on any atom is -0.495 e. The number of carbonyl (C=O) groups excluding carboxylic acids is 1. The lowest BCUT2D eigenvalue weighted by Crippen LogP contribution is -2.33. The Balaban J connectivity index is 1.79. The van der Waals surface area contributed by atoms with Gasteiger partial charge in [0.1, 0.15) is 18.1 Å². The number of ether oxygens (including phenoxy) is 2. The minimum atomic E-state index is -3.50. The predicted octanol–water partition coefficient (Wildman–Crippen LogP) is 2.75. The molecule has 0 spiro atoms. The molecule has 1 amide bonds. The minimum absolute atomic E-state index is 0.147. The normalized spacial score (nSPS) is 11.0. The Labute approximate surface area is 172 Å². The molecule has 8 heteroatoms. The average molecular weight is 421 g/mol. The zero-order valence-corrected chi connectivity index (χ0v) is 17.9. The first-order valence-electron chi connectivity index (χ1n) is 9.38. The number of hydrogen-bond acceptors (Lipinski definition) is 5. The molecule has 0 radical (unpaired) electrons. The van der Waals surface area contributed by atoms with Crippen LogP contribution in [0.25, 0.3) is 0 Å². The summed E-state index contributed by atoms with van der Waals surface area (Å²) >= 11 is 0. The molecule has 0 saturated carbocycles. The molecule has 0 saturated heterocycles. The highest BCUT2D eigenvalue weighted by Crippen LogP contribution is 2.29. The van der Waals surface area contributed by atoms with E-state index in [0.717, 1.165) is 17.6 Å². The molecule has 0 aliphatic carbocycles. The van der Waals surface area contributed by atoms with Crippen LogP contribution in [0.2, 0.25) is 0 Å². The van der Waals surface area contributed by atoms with Crippen molar-refractivity contribution in [3.8, 4) is 11.5 Å². The van der Waals surface area contributed by atoms with Crippen molar-refractivity contribution in [3.05, 3.63) is 54.1 Å². The van der Waals surface area contributed by atoms with Crippen LogP contribution in [0.15, 0.2) is 48.5 Å². The Morgan fingerprint density at radius 2 is 1.90 bits per heavy atom. The van der Waals surface area contributed by atoms with Gasteiger partial charge in [0.2, 0.25) is 15.9 Å². The van der Waals surface area contributed by atoms with E-state index in [1.54, 1.807) is 24.3 Å². The Hall–Kier alpha value is -2.74. The summed E-state index contributed by atoms with van der Waals surface area (Å²) in [5.41, 5.74) is 1.57. The summed E-state index contributed by atoms with van der Waals surface area (Å²) in [5.74, 6) is 1.09. The van der Waals surface area contributed by atoms with Crippen LogP contribution in [0, 0.1) is 6.92 Å². The number of benzene rings is 2. The lowest BCUT2D eigenvalue weighted by molar-refractivity contribution is -0.121. The maximum absolute atomic E-state index is 12.2. The van der Waals surface area contributed by atoms with Gasteiger partial charge in [-0.2, -0.15) is 0 Å². The van der Waals surface area contributed by atoms with E-state index in [-0.39, 0.29) is 18.9 Å². The van der Waals surface area contributed by atoms with Gasteiger partial charge in [-0.3, -0.25) is 9.10 Å². The van der Waals surface area contributed by atoms with E-state index in [4.69, 9.17) is 9.47 Å². The summed E-state index contributed by atoms with van der Waals surface area (Å²) in [4.78, 5) is 12.0. The summed E-state index contributed by atoms with van der Waals surface area (Å²) in [6.45, 7) is 2.92. The van der Waals surface area contributed by atoms with Gasteiger partial charge in [-0.05, 0) is 43.2 Å². The summed E-state index contributed by atoms with van der Waals surface area (Å²) in [7, 11) is -2.01. The van der Waals surface area contributed by atoms with E-state index < -0.39 is 10.0 Å². The van der Waals surface area contributed by atoms with Gasteiger partial charge < -0.3 is 14.8 Å². The quantitative estimate of drug-likeness (QED) is 0.565. The molecule has 2 aromatic carbocycles. The Bertz CT molecular complexity index is 915. The molecule has 0 heterocycles. The maximum atomic E-state index is 12.2. The number of amides is 1. The second-order valence-electron chi connectivity index (χ2n) is 6.63. The van der Waals surface area contributed by atoms with Gasteiger partial charge in [0, 0.05) is 13.0 Å². The van der Waals surface area contributed by atoms with Crippen molar-refractivity contribution in [2.24, 2.45) is 0 Å². The van der Waals surface area contributed by atoms with Gasteiger partial charge in [0.25, 0.3) is 0 Å². The van der Waals surface area contributed by atoms with Crippen molar-refractivity contribution < 1.29 is 22.7 Å². The standard InChI is InChI=1S/C21H28N2O5S/c1-17-8-6-9-18(16-17)28-15-13-22-21(24)12-7-14-23(29(3,25)26)19-10-4-5-11-20(19)27-2/h4-6,8-11,16H,7,12-15H2,1-3H3,(H,22,24). The number of aryl methyl sites for hydroxylation is 1. The van der Waals surface area contributed by atoms with Gasteiger partial charge >= 0.3 is 0 Å². The molecular formula is C21H28N2O5S. The topological polar surface area (TPSA) is 84.9 Å². The molecule has 0 fully saturated rings. The third kappa shape index (κ3) is 7.30. The first-order valence-corrected chi connectivity index (χ1v) is 11.2. The number of nitrogens with zero attached hydrogens (tertiary/aromatic N) is 1. The molecule has 1 N–H and O–H groups in total. The SMILES string of the molecule is COc1ccccc1N(CCCC(=O)NCCOc1cccc(C)c1)S(C)(=O)=O. The van der Waals surface area contributed by atoms with E-state index in [0.29, 0.717) is 31.0 Å². The van der Waals surface area contributed by atoms with E-state index in [1.165, 1.54) is 11.4 Å². The number of methoxy groups -OCH3 is 1. The molecule has 2 rings (SSSR count). The van der Waals surface area contributed by atoms with E-state index in [1.807, 2.05) is 31.2 Å². The highest BCUT2D eigenvalue weighted by Gasteiger charge is 2.20. The van der Waals surface area contributed by atoms with Gasteiger partial charge in [-0.15, -0.1) is 0 Å². The lowest BCUT2D eigenvalue weighted by atomic mass is 10.2. The number of anilines is 1. The molecule has 0 aromatic heterocycles. The van der Waals surface area contributed by atoms with Crippen LogP contribution in [-0.2, 0) is 14.8 Å². The molecule has 0 unspecified atom stereocenters. The van der Waals surface area contributed by atoms with E-state index in [9.17, 15) is 13.2 Å². The van der Waals surface area contributed by atoms with Crippen LogP contribution < -0.4 is 19.1 Å². The molecule has 7 nitrogen and oxygen atoms in total. The second kappa shape index (κ2) is 10.7. The fraction of sp³-hybridized carbons (Fsp3) is 0.381. The van der Waals surface area contributed by atoms with Crippen molar-refractivity contribution in [3.63, 3.8) is 0 Å². The Morgan fingerprint density at radius 3 is 2.59 bits per heavy atom.